The van der Waals surface area contributed by atoms with Crippen molar-refractivity contribution in [1.82, 2.24) is 4.57 Å². The Balaban J connectivity index is 2.13. The van der Waals surface area contributed by atoms with Crippen LogP contribution < -0.4 is 0 Å². The van der Waals surface area contributed by atoms with Gasteiger partial charge in [0.05, 0.1) is 12.7 Å². The molecule has 1 aromatic heterocycles. The summed E-state index contributed by atoms with van der Waals surface area (Å²) in [6.07, 6.45) is 3.78. The number of rotatable bonds is 3. The number of carbonyl (C=O) groups is 1. The normalized spacial score (nSPS) is 10.5. The van der Waals surface area contributed by atoms with Gasteiger partial charge in [-0.1, -0.05) is 48.0 Å². The Morgan fingerprint density at radius 3 is 2.27 bits per heavy atom. The molecule has 0 saturated carbocycles. The molecule has 110 valence electrons. The van der Waals surface area contributed by atoms with Crippen molar-refractivity contribution in [3.8, 4) is 16.8 Å². The first kappa shape index (κ1) is 14.1. The van der Waals surface area contributed by atoms with Crippen molar-refractivity contribution in [1.29, 1.82) is 0 Å². The van der Waals surface area contributed by atoms with E-state index in [1.807, 2.05) is 59.4 Å². The Kier molecular flexibility index (Phi) is 3.79. The van der Waals surface area contributed by atoms with E-state index < -0.39 is 0 Å². The number of hydrogen-bond donors (Lipinski definition) is 0. The van der Waals surface area contributed by atoms with Crippen molar-refractivity contribution >= 4 is 5.97 Å². The average Bonchev–Trinajstić information content (AvgIpc) is 3.01. The SMILES string of the molecule is COC(=O)c1cn(-c2ccc(C)cc2)cc1-c1ccccc1. The fourth-order valence-electron chi connectivity index (χ4n) is 2.44. The highest BCUT2D eigenvalue weighted by molar-refractivity contribution is 5.97. The van der Waals surface area contributed by atoms with Gasteiger partial charge in [-0.3, -0.25) is 0 Å². The van der Waals surface area contributed by atoms with E-state index in [4.69, 9.17) is 4.74 Å². The maximum absolute atomic E-state index is 12.1. The van der Waals surface area contributed by atoms with Crippen LogP contribution in [0.25, 0.3) is 16.8 Å². The first-order chi connectivity index (χ1) is 10.7. The Hall–Kier alpha value is -2.81. The molecule has 2 aromatic carbocycles. The van der Waals surface area contributed by atoms with Gasteiger partial charge < -0.3 is 9.30 Å². The first-order valence-electron chi connectivity index (χ1n) is 7.12. The molecule has 3 aromatic rings. The van der Waals surface area contributed by atoms with E-state index in [-0.39, 0.29) is 5.97 Å². The highest BCUT2D eigenvalue weighted by Gasteiger charge is 2.16. The lowest BCUT2D eigenvalue weighted by molar-refractivity contribution is 0.0601. The third-order valence-electron chi connectivity index (χ3n) is 3.65. The molecule has 0 radical (unpaired) electrons. The zero-order valence-electron chi connectivity index (χ0n) is 12.6. The largest absolute Gasteiger partial charge is 0.465 e. The second-order valence-corrected chi connectivity index (χ2v) is 5.19. The molecule has 3 nitrogen and oxygen atoms in total. The first-order valence-corrected chi connectivity index (χ1v) is 7.12. The van der Waals surface area contributed by atoms with E-state index in [0.29, 0.717) is 5.56 Å². The predicted octanol–water partition coefficient (Wildman–Crippen LogP) is 4.24. The lowest BCUT2D eigenvalue weighted by atomic mass is 10.1. The summed E-state index contributed by atoms with van der Waals surface area (Å²) >= 11 is 0. The number of methoxy groups -OCH3 is 1. The second kappa shape index (κ2) is 5.90. The molecule has 0 aliphatic carbocycles. The monoisotopic (exact) mass is 291 g/mol. The molecule has 0 aliphatic heterocycles. The van der Waals surface area contributed by atoms with Crippen LogP contribution in [0.1, 0.15) is 15.9 Å². The molecule has 1 heterocycles. The van der Waals surface area contributed by atoms with Crippen LogP contribution in [0.3, 0.4) is 0 Å². The fraction of sp³-hybridized carbons (Fsp3) is 0.105. The van der Waals surface area contributed by atoms with Crippen LogP contribution in [-0.4, -0.2) is 17.6 Å². The van der Waals surface area contributed by atoms with Gasteiger partial charge in [0.15, 0.2) is 0 Å². The van der Waals surface area contributed by atoms with E-state index in [1.165, 1.54) is 12.7 Å². The molecule has 0 bridgehead atoms. The number of carbonyl (C=O) groups excluding carboxylic acids is 1. The van der Waals surface area contributed by atoms with Crippen LogP contribution in [0.2, 0.25) is 0 Å². The third kappa shape index (κ3) is 2.66. The van der Waals surface area contributed by atoms with Gasteiger partial charge in [0, 0.05) is 23.6 Å². The van der Waals surface area contributed by atoms with Crippen molar-refractivity contribution < 1.29 is 9.53 Å². The summed E-state index contributed by atoms with van der Waals surface area (Å²) in [6, 6.07) is 18.0. The Morgan fingerprint density at radius 2 is 1.64 bits per heavy atom. The number of benzene rings is 2. The van der Waals surface area contributed by atoms with Gasteiger partial charge in [-0.2, -0.15) is 0 Å². The molecule has 3 rings (SSSR count). The molecule has 0 fully saturated rings. The van der Waals surface area contributed by atoms with Gasteiger partial charge >= 0.3 is 5.97 Å². The molecule has 0 unspecified atom stereocenters. The van der Waals surface area contributed by atoms with Crippen LogP contribution >= 0.6 is 0 Å². The van der Waals surface area contributed by atoms with Gasteiger partial charge in [0.25, 0.3) is 0 Å². The summed E-state index contributed by atoms with van der Waals surface area (Å²) in [5.74, 6) is -0.329. The molecule has 0 saturated heterocycles. The number of aromatic nitrogens is 1. The average molecular weight is 291 g/mol. The Morgan fingerprint density at radius 1 is 0.955 bits per heavy atom. The van der Waals surface area contributed by atoms with E-state index in [2.05, 4.69) is 19.1 Å². The van der Waals surface area contributed by atoms with Crippen molar-refractivity contribution in [2.75, 3.05) is 7.11 Å². The molecular weight excluding hydrogens is 274 g/mol. The summed E-state index contributed by atoms with van der Waals surface area (Å²) in [5.41, 5.74) is 4.64. The summed E-state index contributed by atoms with van der Waals surface area (Å²) in [4.78, 5) is 12.1. The van der Waals surface area contributed by atoms with Crippen molar-refractivity contribution in [2.45, 2.75) is 6.92 Å². The van der Waals surface area contributed by atoms with Crippen molar-refractivity contribution in [3.05, 3.63) is 78.1 Å². The summed E-state index contributed by atoms with van der Waals surface area (Å²) in [7, 11) is 1.40. The molecule has 0 aliphatic rings. The molecular formula is C19H17NO2. The van der Waals surface area contributed by atoms with Crippen molar-refractivity contribution in [2.24, 2.45) is 0 Å². The summed E-state index contributed by atoms with van der Waals surface area (Å²) < 4.78 is 6.87. The maximum atomic E-state index is 12.1. The zero-order chi connectivity index (χ0) is 15.5. The molecule has 3 heteroatoms. The predicted molar refractivity (Wildman–Crippen MR) is 87.3 cm³/mol. The number of aryl methyl sites for hydroxylation is 1. The van der Waals surface area contributed by atoms with Crippen molar-refractivity contribution in [3.63, 3.8) is 0 Å². The maximum Gasteiger partial charge on any atom is 0.340 e. The van der Waals surface area contributed by atoms with Crippen LogP contribution in [-0.2, 0) is 4.74 Å². The van der Waals surface area contributed by atoms with Crippen LogP contribution in [0.5, 0.6) is 0 Å². The quantitative estimate of drug-likeness (QED) is 0.676. The fourth-order valence-corrected chi connectivity index (χ4v) is 2.44. The minimum atomic E-state index is -0.329. The number of esters is 1. The van der Waals surface area contributed by atoms with E-state index in [1.54, 1.807) is 0 Å². The van der Waals surface area contributed by atoms with Gasteiger partial charge in [-0.15, -0.1) is 0 Å². The molecule has 0 N–H and O–H groups in total. The number of hydrogen-bond acceptors (Lipinski definition) is 2. The standard InChI is InChI=1S/C19H17NO2/c1-14-8-10-16(11-9-14)20-12-17(15-6-4-3-5-7-15)18(13-20)19(21)22-2/h3-13H,1-2H3. The van der Waals surface area contributed by atoms with E-state index >= 15 is 0 Å². The smallest absolute Gasteiger partial charge is 0.340 e. The lowest BCUT2D eigenvalue weighted by Gasteiger charge is -2.02. The molecule has 22 heavy (non-hydrogen) atoms. The Labute approximate surface area is 129 Å². The third-order valence-corrected chi connectivity index (χ3v) is 3.65. The van der Waals surface area contributed by atoms with Crippen LogP contribution in [0.15, 0.2) is 67.0 Å². The minimum absolute atomic E-state index is 0.329. The van der Waals surface area contributed by atoms with Gasteiger partial charge in [0.2, 0.25) is 0 Å². The highest BCUT2D eigenvalue weighted by Crippen LogP contribution is 2.27. The molecule has 0 spiro atoms. The number of nitrogens with zero attached hydrogens (tertiary/aromatic N) is 1. The number of ether oxygens (including phenoxy) is 1. The topological polar surface area (TPSA) is 31.2 Å². The lowest BCUT2D eigenvalue weighted by Crippen LogP contribution is -2.01. The Bertz CT molecular complexity index is 786. The second-order valence-electron chi connectivity index (χ2n) is 5.19. The van der Waals surface area contributed by atoms with E-state index in [9.17, 15) is 4.79 Å². The van der Waals surface area contributed by atoms with Gasteiger partial charge in [0.1, 0.15) is 0 Å². The summed E-state index contributed by atoms with van der Waals surface area (Å²) in [5, 5.41) is 0. The van der Waals surface area contributed by atoms with Gasteiger partial charge in [-0.25, -0.2) is 4.79 Å². The zero-order valence-corrected chi connectivity index (χ0v) is 12.6. The minimum Gasteiger partial charge on any atom is -0.465 e. The van der Waals surface area contributed by atoms with Crippen LogP contribution in [0, 0.1) is 6.92 Å². The molecule has 0 atom stereocenters. The van der Waals surface area contributed by atoms with Gasteiger partial charge in [-0.05, 0) is 24.6 Å². The van der Waals surface area contributed by atoms with E-state index in [0.717, 1.165) is 16.8 Å². The highest BCUT2D eigenvalue weighted by atomic mass is 16.5. The molecule has 0 amide bonds. The van der Waals surface area contributed by atoms with Crippen LogP contribution in [0.4, 0.5) is 0 Å². The summed E-state index contributed by atoms with van der Waals surface area (Å²) in [6.45, 7) is 2.05.